The van der Waals surface area contributed by atoms with Crippen molar-refractivity contribution in [2.24, 2.45) is 0 Å². The summed E-state index contributed by atoms with van der Waals surface area (Å²) in [6.45, 7) is 1.69. The molecule has 1 N–H and O–H groups in total. The zero-order valence-corrected chi connectivity index (χ0v) is 12.9. The lowest BCUT2D eigenvalue weighted by Gasteiger charge is -2.22. The number of aliphatic hydroxyl groups is 1. The number of hydrogen-bond acceptors (Lipinski definition) is 3. The highest BCUT2D eigenvalue weighted by molar-refractivity contribution is 7.18. The van der Waals surface area contributed by atoms with Crippen LogP contribution in [0.1, 0.15) is 17.5 Å². The highest BCUT2D eigenvalue weighted by Crippen LogP contribution is 2.38. The molecule has 3 rings (SSSR count). The molecule has 1 atom stereocenters. The zero-order chi connectivity index (χ0) is 14.3. The van der Waals surface area contributed by atoms with Gasteiger partial charge in [-0.15, -0.1) is 11.3 Å². The van der Waals surface area contributed by atoms with Crippen LogP contribution in [0.4, 0.5) is 0 Å². The molecule has 1 heterocycles. The molecule has 5 heteroatoms. The third-order valence-corrected chi connectivity index (χ3v) is 4.96. The summed E-state index contributed by atoms with van der Waals surface area (Å²) in [7, 11) is 0. The average Bonchev–Trinajstić information content (AvgIpc) is 2.82. The van der Waals surface area contributed by atoms with Gasteiger partial charge in [0.05, 0.1) is 10.2 Å². The van der Waals surface area contributed by atoms with Gasteiger partial charge in [0.15, 0.2) is 0 Å². The smallest absolute Gasteiger partial charge is 0.140 e. The fourth-order valence-corrected chi connectivity index (χ4v) is 3.70. The fourth-order valence-electron chi connectivity index (χ4n) is 2.08. The minimum Gasteiger partial charge on any atom is -0.378 e. The summed E-state index contributed by atoms with van der Waals surface area (Å²) >= 11 is 13.6. The zero-order valence-electron chi connectivity index (χ0n) is 10.6. The van der Waals surface area contributed by atoms with E-state index in [0.29, 0.717) is 20.6 Å². The van der Waals surface area contributed by atoms with Crippen molar-refractivity contribution in [3.05, 3.63) is 63.1 Å². The second kappa shape index (κ2) is 5.01. The van der Waals surface area contributed by atoms with E-state index in [1.165, 1.54) is 11.3 Å². The lowest BCUT2D eigenvalue weighted by atomic mass is 9.97. The van der Waals surface area contributed by atoms with Gasteiger partial charge in [0, 0.05) is 15.6 Å². The van der Waals surface area contributed by atoms with E-state index in [-0.39, 0.29) is 0 Å². The third-order valence-electron chi connectivity index (χ3n) is 3.17. The first kappa shape index (κ1) is 13.8. The van der Waals surface area contributed by atoms with Crippen molar-refractivity contribution in [2.45, 2.75) is 12.5 Å². The van der Waals surface area contributed by atoms with Gasteiger partial charge in [-0.1, -0.05) is 41.4 Å². The molecule has 0 spiro atoms. The van der Waals surface area contributed by atoms with Crippen LogP contribution in [0.2, 0.25) is 10.0 Å². The van der Waals surface area contributed by atoms with Gasteiger partial charge in [0.1, 0.15) is 10.6 Å². The molecular formula is C15H11Cl2NOS. The van der Waals surface area contributed by atoms with Gasteiger partial charge >= 0.3 is 0 Å². The quantitative estimate of drug-likeness (QED) is 0.730. The summed E-state index contributed by atoms with van der Waals surface area (Å²) < 4.78 is 1.04. The third kappa shape index (κ3) is 2.31. The van der Waals surface area contributed by atoms with Crippen LogP contribution in [-0.4, -0.2) is 10.1 Å². The van der Waals surface area contributed by atoms with Crippen LogP contribution in [0.5, 0.6) is 0 Å². The molecule has 0 aliphatic heterocycles. The van der Waals surface area contributed by atoms with Crippen molar-refractivity contribution in [3.63, 3.8) is 0 Å². The van der Waals surface area contributed by atoms with Gasteiger partial charge in [-0.3, -0.25) is 0 Å². The fraction of sp³-hybridized carbons (Fsp3) is 0.133. The van der Waals surface area contributed by atoms with Gasteiger partial charge in [-0.2, -0.15) is 0 Å². The summed E-state index contributed by atoms with van der Waals surface area (Å²) in [6.07, 6.45) is 0. The maximum atomic E-state index is 10.9. The summed E-state index contributed by atoms with van der Waals surface area (Å²) in [5, 5.41) is 12.4. The van der Waals surface area contributed by atoms with E-state index in [1.807, 2.05) is 24.3 Å². The van der Waals surface area contributed by atoms with Crippen LogP contribution >= 0.6 is 34.5 Å². The number of halogens is 2. The molecule has 3 aromatic rings. The molecular weight excluding hydrogens is 313 g/mol. The molecule has 2 aromatic carbocycles. The second-order valence-corrected chi connectivity index (χ2v) is 6.56. The summed E-state index contributed by atoms with van der Waals surface area (Å²) in [5.74, 6) is 0. The minimum absolute atomic E-state index is 0.432. The van der Waals surface area contributed by atoms with E-state index < -0.39 is 5.60 Å². The number of nitrogens with zero attached hydrogens (tertiary/aromatic N) is 1. The van der Waals surface area contributed by atoms with E-state index >= 15 is 0 Å². The van der Waals surface area contributed by atoms with Crippen LogP contribution in [0, 0.1) is 0 Å². The van der Waals surface area contributed by atoms with E-state index in [1.54, 1.807) is 25.1 Å². The van der Waals surface area contributed by atoms with Gasteiger partial charge in [0.25, 0.3) is 0 Å². The number of rotatable bonds is 2. The standard InChI is InChI=1S/C15H11Cl2NOS/c1-15(19,10-7-6-9(16)8-11(10)17)14-18-12-4-2-3-5-13(12)20-14/h2-8,19H,1H3. The van der Waals surface area contributed by atoms with Crippen molar-refractivity contribution >= 4 is 44.8 Å². The molecule has 0 saturated heterocycles. The van der Waals surface area contributed by atoms with Gasteiger partial charge in [-0.25, -0.2) is 4.98 Å². The first-order valence-corrected chi connectivity index (χ1v) is 7.59. The molecule has 0 aliphatic carbocycles. The Labute approximate surface area is 130 Å². The molecule has 20 heavy (non-hydrogen) atoms. The molecule has 0 aliphatic rings. The molecule has 0 fully saturated rings. The number of benzene rings is 2. The van der Waals surface area contributed by atoms with Crippen molar-refractivity contribution in [1.29, 1.82) is 0 Å². The predicted octanol–water partition coefficient (Wildman–Crippen LogP) is 4.86. The molecule has 0 radical (unpaired) electrons. The monoisotopic (exact) mass is 323 g/mol. The minimum atomic E-state index is -1.24. The Kier molecular flexibility index (Phi) is 3.46. The van der Waals surface area contributed by atoms with E-state index in [4.69, 9.17) is 23.2 Å². The van der Waals surface area contributed by atoms with Crippen LogP contribution in [0.3, 0.4) is 0 Å². The van der Waals surface area contributed by atoms with E-state index in [9.17, 15) is 5.11 Å². The Morgan fingerprint density at radius 2 is 1.90 bits per heavy atom. The molecule has 1 unspecified atom stereocenters. The lowest BCUT2D eigenvalue weighted by molar-refractivity contribution is 0.102. The topological polar surface area (TPSA) is 33.1 Å². The summed E-state index contributed by atoms with van der Waals surface area (Å²) in [4.78, 5) is 4.50. The molecule has 0 bridgehead atoms. The van der Waals surface area contributed by atoms with Crippen molar-refractivity contribution in [2.75, 3.05) is 0 Å². The molecule has 0 saturated carbocycles. The van der Waals surface area contributed by atoms with E-state index in [0.717, 1.165) is 10.2 Å². The molecule has 2 nitrogen and oxygen atoms in total. The largest absolute Gasteiger partial charge is 0.378 e. The van der Waals surface area contributed by atoms with Crippen LogP contribution in [0.15, 0.2) is 42.5 Å². The predicted molar refractivity (Wildman–Crippen MR) is 84.8 cm³/mol. The van der Waals surface area contributed by atoms with Crippen molar-refractivity contribution < 1.29 is 5.11 Å². The Bertz CT molecular complexity index is 749. The van der Waals surface area contributed by atoms with Crippen LogP contribution < -0.4 is 0 Å². The molecule has 102 valence electrons. The number of thiazole rings is 1. The summed E-state index contributed by atoms with van der Waals surface area (Å²) in [5.41, 5.74) is 0.228. The number of fused-ring (bicyclic) bond motifs is 1. The Morgan fingerprint density at radius 3 is 2.60 bits per heavy atom. The Balaban J connectivity index is 2.14. The van der Waals surface area contributed by atoms with Gasteiger partial charge in [0.2, 0.25) is 0 Å². The van der Waals surface area contributed by atoms with Crippen molar-refractivity contribution in [3.8, 4) is 0 Å². The second-order valence-electron chi connectivity index (χ2n) is 4.68. The van der Waals surface area contributed by atoms with Gasteiger partial charge in [-0.05, 0) is 31.2 Å². The van der Waals surface area contributed by atoms with Crippen LogP contribution in [-0.2, 0) is 5.60 Å². The average molecular weight is 324 g/mol. The first-order valence-electron chi connectivity index (χ1n) is 6.02. The Morgan fingerprint density at radius 1 is 1.15 bits per heavy atom. The normalized spacial score (nSPS) is 14.4. The highest BCUT2D eigenvalue weighted by Gasteiger charge is 2.31. The SMILES string of the molecule is CC(O)(c1nc2ccccc2s1)c1ccc(Cl)cc1Cl. The highest BCUT2D eigenvalue weighted by atomic mass is 35.5. The van der Waals surface area contributed by atoms with Crippen LogP contribution in [0.25, 0.3) is 10.2 Å². The summed E-state index contributed by atoms with van der Waals surface area (Å²) in [6, 6.07) is 12.9. The number of hydrogen-bond donors (Lipinski definition) is 1. The maximum absolute atomic E-state index is 10.9. The van der Waals surface area contributed by atoms with Gasteiger partial charge < -0.3 is 5.11 Å². The van der Waals surface area contributed by atoms with E-state index in [2.05, 4.69) is 4.98 Å². The lowest BCUT2D eigenvalue weighted by Crippen LogP contribution is -2.23. The Hall–Kier alpha value is -1.13. The number of para-hydroxylation sites is 1. The van der Waals surface area contributed by atoms with Crippen molar-refractivity contribution in [1.82, 2.24) is 4.98 Å². The number of aromatic nitrogens is 1. The first-order chi connectivity index (χ1) is 9.48. The maximum Gasteiger partial charge on any atom is 0.140 e. The molecule has 1 aromatic heterocycles. The molecule has 0 amide bonds.